The molecule has 0 aliphatic heterocycles. The highest BCUT2D eigenvalue weighted by Gasteiger charge is 2.26. The summed E-state index contributed by atoms with van der Waals surface area (Å²) >= 11 is 0. The monoisotopic (exact) mass is 328 g/mol. The van der Waals surface area contributed by atoms with Gasteiger partial charge in [0.1, 0.15) is 5.75 Å². The topological polar surface area (TPSA) is 64.4 Å². The number of amides is 1. The van der Waals surface area contributed by atoms with Crippen molar-refractivity contribution in [2.75, 3.05) is 13.7 Å². The van der Waals surface area contributed by atoms with Gasteiger partial charge in [-0.3, -0.25) is 4.79 Å². The molecule has 0 bridgehead atoms. The third kappa shape index (κ3) is 6.67. The van der Waals surface area contributed by atoms with Crippen LogP contribution in [0.25, 0.3) is 0 Å². The Morgan fingerprint density at radius 1 is 1.36 bits per heavy atom. The van der Waals surface area contributed by atoms with Crippen LogP contribution in [0.15, 0.2) is 24.3 Å². The summed E-state index contributed by atoms with van der Waals surface area (Å²) in [5, 5.41) is 2.96. The molecular formula is C17H29ClN2O2. The summed E-state index contributed by atoms with van der Waals surface area (Å²) in [6.07, 6.45) is 2.52. The van der Waals surface area contributed by atoms with Crippen LogP contribution >= 0.6 is 12.4 Å². The molecule has 1 aromatic rings. The van der Waals surface area contributed by atoms with E-state index in [0.717, 1.165) is 18.6 Å². The van der Waals surface area contributed by atoms with Gasteiger partial charge in [0.25, 0.3) is 0 Å². The molecule has 0 saturated carbocycles. The fraction of sp³-hybridized carbons (Fsp3) is 0.588. The largest absolute Gasteiger partial charge is 0.497 e. The predicted octanol–water partition coefficient (Wildman–Crippen LogP) is 2.93. The number of hydrogen-bond acceptors (Lipinski definition) is 3. The first-order chi connectivity index (χ1) is 9.89. The zero-order chi connectivity index (χ0) is 15.9. The van der Waals surface area contributed by atoms with Crippen LogP contribution in [0.2, 0.25) is 0 Å². The van der Waals surface area contributed by atoms with Crippen LogP contribution in [0.5, 0.6) is 5.75 Å². The molecule has 0 radical (unpaired) electrons. The van der Waals surface area contributed by atoms with Gasteiger partial charge in [0.15, 0.2) is 0 Å². The molecular weight excluding hydrogens is 300 g/mol. The first-order valence-corrected chi connectivity index (χ1v) is 7.59. The van der Waals surface area contributed by atoms with Crippen LogP contribution < -0.4 is 15.8 Å². The molecule has 1 amide bonds. The first-order valence-electron chi connectivity index (χ1n) is 7.59. The van der Waals surface area contributed by atoms with E-state index in [1.54, 1.807) is 14.0 Å². The van der Waals surface area contributed by atoms with Gasteiger partial charge in [-0.1, -0.05) is 32.4 Å². The summed E-state index contributed by atoms with van der Waals surface area (Å²) < 4.78 is 5.14. The van der Waals surface area contributed by atoms with Crippen LogP contribution in [-0.2, 0) is 11.2 Å². The van der Waals surface area contributed by atoms with E-state index in [2.05, 4.69) is 24.4 Å². The van der Waals surface area contributed by atoms with Crippen molar-refractivity contribution in [2.45, 2.75) is 45.6 Å². The number of ether oxygens (including phenoxy) is 1. The average Bonchev–Trinajstić information content (AvgIpc) is 2.45. The number of nitrogens with one attached hydrogen (secondary N) is 1. The second-order valence-electron chi connectivity index (χ2n) is 6.03. The lowest BCUT2D eigenvalue weighted by Crippen LogP contribution is -2.52. The lowest BCUT2D eigenvalue weighted by Gasteiger charge is -2.24. The minimum Gasteiger partial charge on any atom is -0.497 e. The summed E-state index contributed by atoms with van der Waals surface area (Å²) in [5.41, 5.74) is 6.48. The maximum Gasteiger partial charge on any atom is 0.239 e. The van der Waals surface area contributed by atoms with E-state index in [-0.39, 0.29) is 18.3 Å². The molecule has 0 aromatic heterocycles. The van der Waals surface area contributed by atoms with E-state index < -0.39 is 5.54 Å². The van der Waals surface area contributed by atoms with Crippen LogP contribution in [0.3, 0.4) is 0 Å². The van der Waals surface area contributed by atoms with E-state index in [0.29, 0.717) is 18.9 Å². The molecule has 1 aromatic carbocycles. The summed E-state index contributed by atoms with van der Waals surface area (Å²) in [7, 11) is 1.66. The molecule has 0 saturated heterocycles. The summed E-state index contributed by atoms with van der Waals surface area (Å²) in [6, 6.07) is 8.03. The minimum absolute atomic E-state index is 0. The van der Waals surface area contributed by atoms with Crippen molar-refractivity contribution in [1.82, 2.24) is 5.32 Å². The maximum absolute atomic E-state index is 12.0. The number of carbonyl (C=O) groups is 1. The third-order valence-corrected chi connectivity index (χ3v) is 3.64. The van der Waals surface area contributed by atoms with Crippen molar-refractivity contribution in [3.05, 3.63) is 29.8 Å². The Bertz CT molecular complexity index is 446. The van der Waals surface area contributed by atoms with Crippen LogP contribution in [0.1, 0.15) is 39.2 Å². The summed E-state index contributed by atoms with van der Waals surface area (Å²) in [6.45, 7) is 6.59. The number of methoxy groups -OCH3 is 1. The number of hydrogen-bond donors (Lipinski definition) is 2. The molecule has 0 spiro atoms. The highest BCUT2D eigenvalue weighted by Crippen LogP contribution is 2.15. The van der Waals surface area contributed by atoms with Gasteiger partial charge in [-0.05, 0) is 43.4 Å². The van der Waals surface area contributed by atoms with Crippen LogP contribution in [-0.4, -0.2) is 25.1 Å². The van der Waals surface area contributed by atoms with Crippen LogP contribution in [0, 0.1) is 5.92 Å². The summed E-state index contributed by atoms with van der Waals surface area (Å²) in [5.74, 6) is 1.16. The van der Waals surface area contributed by atoms with Crippen molar-refractivity contribution >= 4 is 18.3 Å². The molecule has 5 heteroatoms. The summed E-state index contributed by atoms with van der Waals surface area (Å²) in [4.78, 5) is 12.0. The lowest BCUT2D eigenvalue weighted by molar-refractivity contribution is -0.126. The number of benzene rings is 1. The highest BCUT2D eigenvalue weighted by molar-refractivity contribution is 5.85. The van der Waals surface area contributed by atoms with Crippen LogP contribution in [0.4, 0.5) is 0 Å². The standard InChI is InChI=1S/C17H28N2O2.ClH/c1-5-10-17(3,18)16(20)19-12-13(2)11-14-6-8-15(21-4)9-7-14;/h6-9,13H,5,10-12,18H2,1-4H3,(H,19,20);1H. The fourth-order valence-electron chi connectivity index (χ4n) is 2.34. The van der Waals surface area contributed by atoms with Gasteiger partial charge in [-0.15, -0.1) is 12.4 Å². The molecule has 0 fully saturated rings. The van der Waals surface area contributed by atoms with Gasteiger partial charge in [0, 0.05) is 6.54 Å². The molecule has 126 valence electrons. The van der Waals surface area contributed by atoms with E-state index in [4.69, 9.17) is 10.5 Å². The highest BCUT2D eigenvalue weighted by atomic mass is 35.5. The molecule has 1 rings (SSSR count). The van der Waals surface area contributed by atoms with Crippen molar-refractivity contribution in [1.29, 1.82) is 0 Å². The Hall–Kier alpha value is -1.26. The zero-order valence-electron chi connectivity index (χ0n) is 14.0. The molecule has 3 N–H and O–H groups in total. The normalized spacial score (nSPS) is 14.4. The van der Waals surface area contributed by atoms with Gasteiger partial charge in [-0.25, -0.2) is 0 Å². The van der Waals surface area contributed by atoms with Gasteiger partial charge in [-0.2, -0.15) is 0 Å². The Balaban J connectivity index is 0.00000441. The number of nitrogens with two attached hydrogens (primary N) is 1. The van der Waals surface area contributed by atoms with E-state index in [1.807, 2.05) is 19.1 Å². The molecule has 22 heavy (non-hydrogen) atoms. The van der Waals surface area contributed by atoms with Crippen molar-refractivity contribution < 1.29 is 9.53 Å². The number of rotatable bonds is 8. The van der Waals surface area contributed by atoms with Crippen molar-refractivity contribution in [2.24, 2.45) is 11.7 Å². The SMILES string of the molecule is CCCC(C)(N)C(=O)NCC(C)Cc1ccc(OC)cc1.Cl. The quantitative estimate of drug-likeness (QED) is 0.771. The maximum atomic E-state index is 12.0. The van der Waals surface area contributed by atoms with Crippen molar-refractivity contribution in [3.8, 4) is 5.75 Å². The lowest BCUT2D eigenvalue weighted by atomic mass is 9.95. The Morgan fingerprint density at radius 2 is 1.95 bits per heavy atom. The molecule has 4 nitrogen and oxygen atoms in total. The molecule has 2 atom stereocenters. The molecule has 0 aliphatic rings. The van der Waals surface area contributed by atoms with Gasteiger partial charge < -0.3 is 15.8 Å². The molecule has 0 heterocycles. The van der Waals surface area contributed by atoms with Gasteiger partial charge in [0.2, 0.25) is 5.91 Å². The Morgan fingerprint density at radius 3 is 2.45 bits per heavy atom. The predicted molar refractivity (Wildman–Crippen MR) is 93.6 cm³/mol. The second-order valence-corrected chi connectivity index (χ2v) is 6.03. The fourth-order valence-corrected chi connectivity index (χ4v) is 2.34. The first kappa shape index (κ1) is 20.7. The Labute approximate surface area is 140 Å². The second kappa shape index (κ2) is 9.70. The van der Waals surface area contributed by atoms with Crippen molar-refractivity contribution in [3.63, 3.8) is 0 Å². The molecule has 2 unspecified atom stereocenters. The van der Waals surface area contributed by atoms with Gasteiger partial charge in [0.05, 0.1) is 12.6 Å². The Kier molecular flexibility index (Phi) is 9.14. The smallest absolute Gasteiger partial charge is 0.239 e. The van der Waals surface area contributed by atoms with E-state index >= 15 is 0 Å². The number of halogens is 1. The molecule has 0 aliphatic carbocycles. The average molecular weight is 329 g/mol. The minimum atomic E-state index is -0.769. The number of carbonyl (C=O) groups excluding carboxylic acids is 1. The van der Waals surface area contributed by atoms with E-state index in [9.17, 15) is 4.79 Å². The van der Waals surface area contributed by atoms with Gasteiger partial charge >= 0.3 is 0 Å². The zero-order valence-corrected chi connectivity index (χ0v) is 14.8. The van der Waals surface area contributed by atoms with E-state index in [1.165, 1.54) is 5.56 Å². The third-order valence-electron chi connectivity index (χ3n) is 3.64.